The van der Waals surface area contributed by atoms with E-state index in [1.54, 1.807) is 0 Å². The first kappa shape index (κ1) is 12.1. The Hall–Kier alpha value is -1.32. The summed E-state index contributed by atoms with van der Waals surface area (Å²) in [6.07, 6.45) is 2.01. The fourth-order valence-corrected chi connectivity index (χ4v) is 2.19. The zero-order chi connectivity index (χ0) is 12.6. The molecule has 0 saturated carbocycles. The molecule has 94 valence electrons. The maximum Gasteiger partial charge on any atom is 0.151 e. The van der Waals surface area contributed by atoms with E-state index in [1.807, 2.05) is 4.90 Å². The Morgan fingerprint density at radius 3 is 2.35 bits per heavy atom. The van der Waals surface area contributed by atoms with Gasteiger partial charge in [-0.15, -0.1) is 0 Å². The summed E-state index contributed by atoms with van der Waals surface area (Å²) in [5, 5.41) is 0. The van der Waals surface area contributed by atoms with Crippen molar-refractivity contribution in [1.29, 1.82) is 0 Å². The highest BCUT2D eigenvalue weighted by Gasteiger charge is 2.27. The van der Waals surface area contributed by atoms with E-state index in [2.05, 4.69) is 13.8 Å². The van der Waals surface area contributed by atoms with Gasteiger partial charge in [-0.25, -0.2) is 8.78 Å². The van der Waals surface area contributed by atoms with Gasteiger partial charge in [0.1, 0.15) is 5.82 Å². The molecule has 0 spiro atoms. The summed E-state index contributed by atoms with van der Waals surface area (Å²) in [6, 6.07) is 2.14. The minimum absolute atomic E-state index is 0.0473. The van der Waals surface area contributed by atoms with E-state index in [9.17, 15) is 8.78 Å². The molecule has 0 unspecified atom stereocenters. The van der Waals surface area contributed by atoms with Crippen molar-refractivity contribution in [3.8, 4) is 0 Å². The summed E-state index contributed by atoms with van der Waals surface area (Å²) in [6.45, 7) is 6.00. The van der Waals surface area contributed by atoms with Crippen LogP contribution in [0.4, 0.5) is 20.2 Å². The fourth-order valence-electron chi connectivity index (χ4n) is 2.19. The molecule has 1 fully saturated rings. The summed E-state index contributed by atoms with van der Waals surface area (Å²) >= 11 is 0. The molecule has 0 amide bonds. The van der Waals surface area contributed by atoms with E-state index >= 15 is 0 Å². The van der Waals surface area contributed by atoms with Gasteiger partial charge in [0.05, 0.1) is 11.4 Å². The van der Waals surface area contributed by atoms with Crippen LogP contribution in [0.5, 0.6) is 0 Å². The third-order valence-corrected chi connectivity index (χ3v) is 3.53. The minimum Gasteiger partial charge on any atom is -0.395 e. The standard InChI is InChI=1S/C13H18F2N2/c1-13(2)3-5-17(6-4-13)11-8-9(14)7-10(15)12(11)16/h7-8H,3-6,16H2,1-2H3. The van der Waals surface area contributed by atoms with Gasteiger partial charge >= 0.3 is 0 Å². The zero-order valence-electron chi connectivity index (χ0n) is 10.3. The molecule has 2 N–H and O–H groups in total. The van der Waals surface area contributed by atoms with Gasteiger partial charge in [0.2, 0.25) is 0 Å². The lowest BCUT2D eigenvalue weighted by atomic mass is 9.82. The predicted octanol–water partition coefficient (Wildman–Crippen LogP) is 3.17. The molecule has 0 atom stereocenters. The number of nitrogens with zero attached hydrogens (tertiary/aromatic N) is 1. The number of benzene rings is 1. The van der Waals surface area contributed by atoms with Crippen molar-refractivity contribution in [2.45, 2.75) is 26.7 Å². The molecule has 2 nitrogen and oxygen atoms in total. The van der Waals surface area contributed by atoms with Crippen LogP contribution in [0.15, 0.2) is 12.1 Å². The van der Waals surface area contributed by atoms with Crippen LogP contribution in [0.2, 0.25) is 0 Å². The lowest BCUT2D eigenvalue weighted by Gasteiger charge is -2.38. The third-order valence-electron chi connectivity index (χ3n) is 3.53. The van der Waals surface area contributed by atoms with Crippen molar-refractivity contribution in [1.82, 2.24) is 0 Å². The van der Waals surface area contributed by atoms with Crippen LogP contribution in [0, 0.1) is 17.0 Å². The van der Waals surface area contributed by atoms with E-state index < -0.39 is 11.6 Å². The topological polar surface area (TPSA) is 29.3 Å². The molecule has 0 bridgehead atoms. The second-order valence-corrected chi connectivity index (χ2v) is 5.47. The molecule has 17 heavy (non-hydrogen) atoms. The maximum atomic E-state index is 13.4. The van der Waals surface area contributed by atoms with E-state index in [0.717, 1.165) is 32.0 Å². The van der Waals surface area contributed by atoms with Gasteiger partial charge in [0.15, 0.2) is 5.82 Å². The Morgan fingerprint density at radius 1 is 1.18 bits per heavy atom. The lowest BCUT2D eigenvalue weighted by molar-refractivity contribution is 0.280. The number of hydrogen-bond acceptors (Lipinski definition) is 2. The highest BCUT2D eigenvalue weighted by atomic mass is 19.1. The van der Waals surface area contributed by atoms with Crippen LogP contribution in [-0.4, -0.2) is 13.1 Å². The van der Waals surface area contributed by atoms with Crippen LogP contribution in [0.1, 0.15) is 26.7 Å². The lowest BCUT2D eigenvalue weighted by Crippen LogP contribution is -2.37. The largest absolute Gasteiger partial charge is 0.395 e. The Morgan fingerprint density at radius 2 is 1.76 bits per heavy atom. The number of halogens is 2. The summed E-state index contributed by atoms with van der Waals surface area (Å²) in [4.78, 5) is 1.97. The van der Waals surface area contributed by atoms with Crippen LogP contribution in [-0.2, 0) is 0 Å². The van der Waals surface area contributed by atoms with Gasteiger partial charge in [0, 0.05) is 19.2 Å². The van der Waals surface area contributed by atoms with Gasteiger partial charge in [-0.3, -0.25) is 0 Å². The van der Waals surface area contributed by atoms with Crippen molar-refractivity contribution in [3.05, 3.63) is 23.8 Å². The normalized spacial score (nSPS) is 19.4. The number of piperidine rings is 1. The summed E-state index contributed by atoms with van der Waals surface area (Å²) in [7, 11) is 0. The monoisotopic (exact) mass is 240 g/mol. The first-order valence-electron chi connectivity index (χ1n) is 5.88. The maximum absolute atomic E-state index is 13.4. The average Bonchev–Trinajstić information content (AvgIpc) is 2.24. The van der Waals surface area contributed by atoms with E-state index in [4.69, 9.17) is 5.73 Å². The van der Waals surface area contributed by atoms with Crippen molar-refractivity contribution >= 4 is 11.4 Å². The Kier molecular flexibility index (Phi) is 2.98. The molecular weight excluding hydrogens is 222 g/mol. The first-order valence-corrected chi connectivity index (χ1v) is 5.88. The fraction of sp³-hybridized carbons (Fsp3) is 0.538. The molecule has 1 aromatic rings. The van der Waals surface area contributed by atoms with Crippen LogP contribution in [0.25, 0.3) is 0 Å². The van der Waals surface area contributed by atoms with Crippen molar-refractivity contribution in [2.75, 3.05) is 23.7 Å². The number of nitrogen functional groups attached to an aromatic ring is 1. The summed E-state index contributed by atoms with van der Waals surface area (Å²) in [5.74, 6) is -1.25. The molecule has 1 aliphatic rings. The molecule has 2 rings (SSSR count). The number of hydrogen-bond donors (Lipinski definition) is 1. The van der Waals surface area contributed by atoms with Crippen LogP contribution in [0.3, 0.4) is 0 Å². The molecule has 1 aromatic carbocycles. The zero-order valence-corrected chi connectivity index (χ0v) is 10.3. The molecule has 0 aromatic heterocycles. The SMILES string of the molecule is CC1(C)CCN(c2cc(F)cc(F)c2N)CC1. The molecule has 1 aliphatic heterocycles. The average molecular weight is 240 g/mol. The Labute approximate surface area is 100 Å². The van der Waals surface area contributed by atoms with E-state index in [0.29, 0.717) is 11.1 Å². The summed E-state index contributed by atoms with van der Waals surface area (Å²) in [5.41, 5.74) is 6.50. The van der Waals surface area contributed by atoms with E-state index in [1.165, 1.54) is 6.07 Å². The quantitative estimate of drug-likeness (QED) is 0.764. The molecule has 1 heterocycles. The van der Waals surface area contributed by atoms with Gasteiger partial charge in [0.25, 0.3) is 0 Å². The Bertz CT molecular complexity index is 420. The molecule has 0 radical (unpaired) electrons. The highest BCUT2D eigenvalue weighted by Crippen LogP contribution is 2.35. The predicted molar refractivity (Wildman–Crippen MR) is 66.0 cm³/mol. The second-order valence-electron chi connectivity index (χ2n) is 5.47. The number of rotatable bonds is 1. The molecule has 1 saturated heterocycles. The molecule has 4 heteroatoms. The smallest absolute Gasteiger partial charge is 0.151 e. The van der Waals surface area contributed by atoms with Gasteiger partial charge in [-0.1, -0.05) is 13.8 Å². The van der Waals surface area contributed by atoms with Gasteiger partial charge < -0.3 is 10.6 Å². The van der Waals surface area contributed by atoms with Crippen LogP contribution < -0.4 is 10.6 Å². The van der Waals surface area contributed by atoms with Crippen molar-refractivity contribution in [2.24, 2.45) is 5.41 Å². The number of nitrogens with two attached hydrogens (primary N) is 1. The Balaban J connectivity index is 2.24. The molecular formula is C13H18F2N2. The van der Waals surface area contributed by atoms with Crippen molar-refractivity contribution < 1.29 is 8.78 Å². The van der Waals surface area contributed by atoms with Crippen LogP contribution >= 0.6 is 0 Å². The second kappa shape index (κ2) is 4.17. The molecule has 0 aliphatic carbocycles. The van der Waals surface area contributed by atoms with Gasteiger partial charge in [-0.2, -0.15) is 0 Å². The first-order chi connectivity index (χ1) is 7.89. The highest BCUT2D eigenvalue weighted by molar-refractivity contribution is 5.68. The minimum atomic E-state index is -0.676. The van der Waals surface area contributed by atoms with E-state index in [-0.39, 0.29) is 5.69 Å². The third kappa shape index (κ3) is 2.51. The number of anilines is 2. The van der Waals surface area contributed by atoms with Gasteiger partial charge in [-0.05, 0) is 24.3 Å². The summed E-state index contributed by atoms with van der Waals surface area (Å²) < 4.78 is 26.5. The van der Waals surface area contributed by atoms with Crippen molar-refractivity contribution in [3.63, 3.8) is 0 Å².